The van der Waals surface area contributed by atoms with Crippen LogP contribution < -0.4 is 16.8 Å². The van der Waals surface area contributed by atoms with Gasteiger partial charge in [0.2, 0.25) is 0 Å². The lowest BCUT2D eigenvalue weighted by atomic mass is 9.82. The molecule has 1 saturated carbocycles. The number of hydrogen-bond donors (Lipinski definition) is 4. The van der Waals surface area contributed by atoms with Gasteiger partial charge in [-0.1, -0.05) is 19.3 Å². The van der Waals surface area contributed by atoms with Crippen molar-refractivity contribution in [1.82, 2.24) is 10.3 Å². The molecule has 0 radical (unpaired) electrons. The predicted molar refractivity (Wildman–Crippen MR) is 104 cm³/mol. The fourth-order valence-corrected chi connectivity index (χ4v) is 3.87. The van der Waals surface area contributed by atoms with Crippen LogP contribution in [-0.4, -0.2) is 43.2 Å². The number of carbonyl (C=O) groups excluding carboxylic acids is 1. The molecule has 0 saturated heterocycles. The second-order valence-electron chi connectivity index (χ2n) is 7.27. The summed E-state index contributed by atoms with van der Waals surface area (Å²) in [6.45, 7) is 1.53. The van der Waals surface area contributed by atoms with Gasteiger partial charge in [0.25, 0.3) is 5.91 Å². The Bertz CT molecular complexity index is 771. The first-order valence-electron chi connectivity index (χ1n) is 9.73. The molecular formula is C20H29FN4O2. The number of fused-ring (bicyclic) bond motifs is 1. The molecule has 0 bridgehead atoms. The van der Waals surface area contributed by atoms with Crippen LogP contribution in [0.15, 0.2) is 18.2 Å². The maximum atomic E-state index is 13.8. The molecule has 0 aliphatic heterocycles. The van der Waals surface area contributed by atoms with Gasteiger partial charge in [-0.3, -0.25) is 4.79 Å². The summed E-state index contributed by atoms with van der Waals surface area (Å²) in [4.78, 5) is 16.0. The Balaban J connectivity index is 1.79. The summed E-state index contributed by atoms with van der Waals surface area (Å²) in [5.41, 5.74) is 13.6. The van der Waals surface area contributed by atoms with Crippen molar-refractivity contribution in [3.8, 4) is 0 Å². The Hall–Kier alpha value is -1.96. The molecule has 2 aromatic rings. The van der Waals surface area contributed by atoms with Crippen molar-refractivity contribution < 1.29 is 13.9 Å². The molecule has 1 aromatic heterocycles. The first-order valence-corrected chi connectivity index (χ1v) is 9.73. The highest BCUT2D eigenvalue weighted by Crippen LogP contribution is 2.38. The Morgan fingerprint density at radius 1 is 1.33 bits per heavy atom. The molecule has 3 rings (SSSR count). The van der Waals surface area contributed by atoms with Gasteiger partial charge in [0.15, 0.2) is 0 Å². The van der Waals surface area contributed by atoms with Crippen molar-refractivity contribution in [2.45, 2.75) is 44.1 Å². The Morgan fingerprint density at radius 2 is 2.11 bits per heavy atom. The largest absolute Gasteiger partial charge is 0.378 e. The van der Waals surface area contributed by atoms with Gasteiger partial charge in [-0.25, -0.2) is 4.39 Å². The number of amides is 1. The quantitative estimate of drug-likeness (QED) is 0.531. The molecule has 1 fully saturated rings. The number of nitrogens with one attached hydrogen (secondary N) is 2. The maximum absolute atomic E-state index is 13.8. The molecule has 148 valence electrons. The number of ether oxygens (including phenoxy) is 1. The highest BCUT2D eigenvalue weighted by atomic mass is 19.1. The zero-order chi connectivity index (χ0) is 19.2. The lowest BCUT2D eigenvalue weighted by molar-refractivity contribution is 0.0927. The van der Waals surface area contributed by atoms with Crippen molar-refractivity contribution in [3.05, 3.63) is 35.3 Å². The predicted octanol–water partition coefficient (Wildman–Crippen LogP) is 2.39. The second kappa shape index (κ2) is 9.30. The summed E-state index contributed by atoms with van der Waals surface area (Å²) in [5, 5.41) is 3.69. The van der Waals surface area contributed by atoms with E-state index in [9.17, 15) is 9.18 Å². The summed E-state index contributed by atoms with van der Waals surface area (Å²) >= 11 is 0. The highest BCUT2D eigenvalue weighted by Gasteiger charge is 2.26. The fraction of sp³-hybridized carbons (Fsp3) is 0.550. The van der Waals surface area contributed by atoms with Gasteiger partial charge in [-0.05, 0) is 42.5 Å². The van der Waals surface area contributed by atoms with Crippen LogP contribution in [0, 0.1) is 5.82 Å². The number of benzene rings is 1. The van der Waals surface area contributed by atoms with E-state index < -0.39 is 0 Å². The average molecular weight is 376 g/mol. The van der Waals surface area contributed by atoms with Crippen LogP contribution in [0.25, 0.3) is 10.9 Å². The zero-order valence-corrected chi connectivity index (χ0v) is 15.6. The van der Waals surface area contributed by atoms with Crippen LogP contribution in [0.5, 0.6) is 0 Å². The van der Waals surface area contributed by atoms with Crippen molar-refractivity contribution in [2.24, 2.45) is 11.5 Å². The summed E-state index contributed by atoms with van der Waals surface area (Å²) < 4.78 is 19.2. The summed E-state index contributed by atoms with van der Waals surface area (Å²) in [6, 6.07) is 4.33. The normalized spacial score (nSPS) is 16.6. The van der Waals surface area contributed by atoms with Crippen LogP contribution in [0.2, 0.25) is 0 Å². The Morgan fingerprint density at radius 3 is 2.85 bits per heavy atom. The van der Waals surface area contributed by atoms with Crippen LogP contribution in [0.4, 0.5) is 4.39 Å². The fourth-order valence-electron chi connectivity index (χ4n) is 3.87. The molecule has 0 spiro atoms. The number of hydrogen-bond acceptors (Lipinski definition) is 4. The van der Waals surface area contributed by atoms with Gasteiger partial charge in [0.1, 0.15) is 11.5 Å². The highest BCUT2D eigenvalue weighted by molar-refractivity contribution is 6.01. The lowest BCUT2D eigenvalue weighted by Crippen LogP contribution is -2.40. The average Bonchev–Trinajstić information content (AvgIpc) is 3.05. The Labute approximate surface area is 158 Å². The summed E-state index contributed by atoms with van der Waals surface area (Å²) in [7, 11) is 0. The SMILES string of the molecule is NCCOCC(N)CNC(=O)c1[nH]c2ccc(F)cc2c1C1CCCCC1. The van der Waals surface area contributed by atoms with Gasteiger partial charge in [0, 0.05) is 30.0 Å². The van der Waals surface area contributed by atoms with Crippen LogP contribution >= 0.6 is 0 Å². The monoisotopic (exact) mass is 376 g/mol. The van der Waals surface area contributed by atoms with Gasteiger partial charge < -0.3 is 26.5 Å². The topological polar surface area (TPSA) is 106 Å². The van der Waals surface area contributed by atoms with E-state index in [1.165, 1.54) is 18.6 Å². The van der Waals surface area contributed by atoms with E-state index in [1.54, 1.807) is 6.07 Å². The van der Waals surface area contributed by atoms with Crippen LogP contribution in [-0.2, 0) is 4.74 Å². The first kappa shape index (κ1) is 19.8. The third kappa shape index (κ3) is 4.86. The molecule has 7 heteroatoms. The van der Waals surface area contributed by atoms with Crippen molar-refractivity contribution >= 4 is 16.8 Å². The molecule has 1 aliphatic carbocycles. The number of H-pyrrole nitrogens is 1. The molecule has 1 unspecified atom stereocenters. The molecule has 1 amide bonds. The third-order valence-corrected chi connectivity index (χ3v) is 5.16. The van der Waals surface area contributed by atoms with E-state index in [0.717, 1.165) is 42.1 Å². The first-order chi connectivity index (χ1) is 13.1. The second-order valence-corrected chi connectivity index (χ2v) is 7.27. The van der Waals surface area contributed by atoms with Crippen molar-refractivity contribution in [2.75, 3.05) is 26.3 Å². The standard InChI is InChI=1S/C20H29FN4O2/c21-14-6-7-17-16(10-14)18(13-4-2-1-3-5-13)19(25-17)20(26)24-11-15(23)12-27-9-8-22/h6-7,10,13,15,25H,1-5,8-9,11-12,22-23H2,(H,24,26). The van der Waals surface area contributed by atoms with E-state index in [-0.39, 0.29) is 23.7 Å². The molecule has 27 heavy (non-hydrogen) atoms. The third-order valence-electron chi connectivity index (χ3n) is 5.16. The molecule has 6 N–H and O–H groups in total. The number of rotatable bonds is 8. The van der Waals surface area contributed by atoms with E-state index in [4.69, 9.17) is 16.2 Å². The number of aromatic nitrogens is 1. The smallest absolute Gasteiger partial charge is 0.268 e. The number of halogens is 1. The maximum Gasteiger partial charge on any atom is 0.268 e. The lowest BCUT2D eigenvalue weighted by Gasteiger charge is -2.23. The van der Waals surface area contributed by atoms with Gasteiger partial charge >= 0.3 is 0 Å². The van der Waals surface area contributed by atoms with E-state index in [2.05, 4.69) is 10.3 Å². The summed E-state index contributed by atoms with van der Waals surface area (Å²) in [5.74, 6) is -0.220. The minimum Gasteiger partial charge on any atom is -0.378 e. The molecular weight excluding hydrogens is 347 g/mol. The van der Waals surface area contributed by atoms with Crippen LogP contribution in [0.3, 0.4) is 0 Å². The minimum absolute atomic E-state index is 0.207. The number of nitrogens with two attached hydrogens (primary N) is 2. The summed E-state index contributed by atoms with van der Waals surface area (Å²) in [6.07, 6.45) is 5.53. The van der Waals surface area contributed by atoms with Gasteiger partial charge in [-0.2, -0.15) is 0 Å². The van der Waals surface area contributed by atoms with E-state index in [0.29, 0.717) is 32.0 Å². The van der Waals surface area contributed by atoms with E-state index in [1.807, 2.05) is 0 Å². The molecule has 6 nitrogen and oxygen atoms in total. The van der Waals surface area contributed by atoms with Gasteiger partial charge in [-0.15, -0.1) is 0 Å². The molecule has 1 heterocycles. The van der Waals surface area contributed by atoms with Crippen LogP contribution in [0.1, 0.15) is 54.1 Å². The Kier molecular flexibility index (Phi) is 6.82. The minimum atomic E-state index is -0.305. The van der Waals surface area contributed by atoms with Gasteiger partial charge in [0.05, 0.1) is 13.2 Å². The number of carbonyl (C=O) groups is 1. The molecule has 1 aliphatic rings. The van der Waals surface area contributed by atoms with Crippen molar-refractivity contribution in [3.63, 3.8) is 0 Å². The van der Waals surface area contributed by atoms with Crippen molar-refractivity contribution in [1.29, 1.82) is 0 Å². The number of aromatic amines is 1. The molecule has 1 aromatic carbocycles. The molecule has 1 atom stereocenters. The van der Waals surface area contributed by atoms with E-state index >= 15 is 0 Å². The zero-order valence-electron chi connectivity index (χ0n) is 15.6.